The van der Waals surface area contributed by atoms with Gasteiger partial charge in [0.2, 0.25) is 5.91 Å². The Kier molecular flexibility index (Phi) is 7.95. The number of hydrogen-bond donors (Lipinski definition) is 2. The summed E-state index contributed by atoms with van der Waals surface area (Å²) in [5.41, 5.74) is 1.11. The summed E-state index contributed by atoms with van der Waals surface area (Å²) in [6, 6.07) is 8.04. The van der Waals surface area contributed by atoms with Gasteiger partial charge in [-0.1, -0.05) is 38.3 Å². The highest BCUT2D eigenvalue weighted by Crippen LogP contribution is 2.14. The maximum absolute atomic E-state index is 12.1. The molecule has 0 spiro atoms. The lowest BCUT2D eigenvalue weighted by Gasteiger charge is -2.21. The van der Waals surface area contributed by atoms with E-state index in [2.05, 4.69) is 17.6 Å². The van der Waals surface area contributed by atoms with Gasteiger partial charge in [0.05, 0.1) is 12.5 Å². The number of carbonyl (C=O) groups excluding carboxylic acids is 1. The summed E-state index contributed by atoms with van der Waals surface area (Å²) in [6.07, 6.45) is 6.94. The van der Waals surface area contributed by atoms with Gasteiger partial charge in [0, 0.05) is 13.1 Å². The van der Waals surface area contributed by atoms with Gasteiger partial charge in [-0.3, -0.25) is 4.79 Å². The van der Waals surface area contributed by atoms with E-state index in [1.54, 1.807) is 0 Å². The van der Waals surface area contributed by atoms with E-state index in [1.807, 2.05) is 24.3 Å². The van der Waals surface area contributed by atoms with E-state index in [0.717, 1.165) is 50.3 Å². The number of unbranched alkanes of at least 4 members (excludes halogenated alkanes) is 3. The second-order valence-electron chi connectivity index (χ2n) is 6.31. The zero-order chi connectivity index (χ0) is 16.3. The SMILES string of the molecule is CCCCCCOc1ccc(CNC(=O)C2CCCNC2)cc1. The number of hydrogen-bond acceptors (Lipinski definition) is 3. The van der Waals surface area contributed by atoms with Crippen LogP contribution in [-0.4, -0.2) is 25.6 Å². The van der Waals surface area contributed by atoms with Crippen molar-refractivity contribution in [2.45, 2.75) is 52.0 Å². The van der Waals surface area contributed by atoms with E-state index in [9.17, 15) is 4.79 Å². The zero-order valence-electron chi connectivity index (χ0n) is 14.3. The van der Waals surface area contributed by atoms with Gasteiger partial charge in [-0.05, 0) is 43.5 Å². The van der Waals surface area contributed by atoms with Crippen LogP contribution in [0.3, 0.4) is 0 Å². The van der Waals surface area contributed by atoms with Gasteiger partial charge in [0.1, 0.15) is 5.75 Å². The van der Waals surface area contributed by atoms with Gasteiger partial charge >= 0.3 is 0 Å². The molecule has 128 valence electrons. The quantitative estimate of drug-likeness (QED) is 0.687. The molecule has 1 fully saturated rings. The summed E-state index contributed by atoms with van der Waals surface area (Å²) in [6.45, 7) is 5.42. The largest absolute Gasteiger partial charge is 0.494 e. The molecular formula is C19H30N2O2. The minimum absolute atomic E-state index is 0.120. The third-order valence-electron chi connectivity index (χ3n) is 4.32. The molecule has 0 aliphatic carbocycles. The molecule has 2 N–H and O–H groups in total. The molecule has 1 aromatic rings. The third-order valence-corrected chi connectivity index (χ3v) is 4.32. The summed E-state index contributed by atoms with van der Waals surface area (Å²) in [5.74, 6) is 1.19. The standard InChI is InChI=1S/C19H30N2O2/c1-2-3-4-5-13-23-18-10-8-16(9-11-18)14-21-19(22)17-7-6-12-20-15-17/h8-11,17,20H,2-7,12-15H2,1H3,(H,21,22). The van der Waals surface area contributed by atoms with E-state index < -0.39 is 0 Å². The Balaban J connectivity index is 1.67. The van der Waals surface area contributed by atoms with Gasteiger partial charge in [0.25, 0.3) is 0 Å². The third kappa shape index (κ3) is 6.61. The molecular weight excluding hydrogens is 288 g/mol. The van der Waals surface area contributed by atoms with Crippen LogP contribution in [-0.2, 0) is 11.3 Å². The van der Waals surface area contributed by atoms with E-state index in [-0.39, 0.29) is 11.8 Å². The molecule has 0 radical (unpaired) electrons. The normalized spacial score (nSPS) is 17.7. The van der Waals surface area contributed by atoms with E-state index in [0.29, 0.717) is 6.54 Å². The van der Waals surface area contributed by atoms with Crippen molar-refractivity contribution in [3.05, 3.63) is 29.8 Å². The monoisotopic (exact) mass is 318 g/mol. The molecule has 23 heavy (non-hydrogen) atoms. The molecule has 2 rings (SSSR count). The van der Waals surface area contributed by atoms with Crippen LogP contribution < -0.4 is 15.4 Å². The Labute approximate surface area is 140 Å². The first-order valence-electron chi connectivity index (χ1n) is 8.99. The summed E-state index contributed by atoms with van der Waals surface area (Å²) in [5, 5.41) is 6.31. The molecule has 0 bridgehead atoms. The van der Waals surface area contributed by atoms with Gasteiger partial charge in [-0.2, -0.15) is 0 Å². The maximum atomic E-state index is 12.1. The van der Waals surface area contributed by atoms with E-state index in [1.165, 1.54) is 19.3 Å². The van der Waals surface area contributed by atoms with Crippen molar-refractivity contribution in [3.63, 3.8) is 0 Å². The molecule has 0 aromatic heterocycles. The highest BCUT2D eigenvalue weighted by molar-refractivity contribution is 5.78. The lowest BCUT2D eigenvalue weighted by Crippen LogP contribution is -2.40. The average molecular weight is 318 g/mol. The highest BCUT2D eigenvalue weighted by atomic mass is 16.5. The van der Waals surface area contributed by atoms with Crippen molar-refractivity contribution in [2.24, 2.45) is 5.92 Å². The molecule has 4 nitrogen and oxygen atoms in total. The van der Waals surface area contributed by atoms with Crippen molar-refractivity contribution in [3.8, 4) is 5.75 Å². The second-order valence-corrected chi connectivity index (χ2v) is 6.31. The van der Waals surface area contributed by atoms with Gasteiger partial charge in [-0.15, -0.1) is 0 Å². The molecule has 1 aromatic carbocycles. The summed E-state index contributed by atoms with van der Waals surface area (Å²) in [4.78, 5) is 12.1. The number of nitrogens with one attached hydrogen (secondary N) is 2. The molecule has 1 aliphatic heterocycles. The number of benzene rings is 1. The van der Waals surface area contributed by atoms with E-state index in [4.69, 9.17) is 4.74 Å². The number of carbonyl (C=O) groups is 1. The number of piperidine rings is 1. The fourth-order valence-electron chi connectivity index (χ4n) is 2.83. The van der Waals surface area contributed by atoms with Crippen LogP contribution in [0, 0.1) is 5.92 Å². The van der Waals surface area contributed by atoms with Crippen LogP contribution in [0.25, 0.3) is 0 Å². The fourth-order valence-corrected chi connectivity index (χ4v) is 2.83. The topological polar surface area (TPSA) is 50.4 Å². The predicted molar refractivity (Wildman–Crippen MR) is 93.5 cm³/mol. The Morgan fingerprint density at radius 3 is 2.78 bits per heavy atom. The molecule has 1 atom stereocenters. The van der Waals surface area contributed by atoms with Crippen molar-refractivity contribution in [2.75, 3.05) is 19.7 Å². The first-order valence-corrected chi connectivity index (χ1v) is 8.99. The lowest BCUT2D eigenvalue weighted by molar-refractivity contribution is -0.125. The fraction of sp³-hybridized carbons (Fsp3) is 0.632. The Morgan fingerprint density at radius 2 is 2.09 bits per heavy atom. The smallest absolute Gasteiger partial charge is 0.224 e. The molecule has 1 aliphatic rings. The molecule has 1 amide bonds. The minimum Gasteiger partial charge on any atom is -0.494 e. The number of rotatable bonds is 9. The molecule has 0 saturated carbocycles. The van der Waals surface area contributed by atoms with Crippen molar-refractivity contribution in [1.29, 1.82) is 0 Å². The molecule has 1 unspecified atom stereocenters. The second kappa shape index (κ2) is 10.3. The summed E-state index contributed by atoms with van der Waals surface area (Å²) in [7, 11) is 0. The van der Waals surface area contributed by atoms with Crippen LogP contribution in [0.5, 0.6) is 5.75 Å². The zero-order valence-corrected chi connectivity index (χ0v) is 14.3. The maximum Gasteiger partial charge on any atom is 0.224 e. The van der Waals surface area contributed by atoms with Crippen molar-refractivity contribution >= 4 is 5.91 Å². The Hall–Kier alpha value is -1.55. The first-order chi connectivity index (χ1) is 11.3. The lowest BCUT2D eigenvalue weighted by atomic mass is 9.99. The first kappa shape index (κ1) is 17.8. The van der Waals surface area contributed by atoms with Crippen molar-refractivity contribution in [1.82, 2.24) is 10.6 Å². The van der Waals surface area contributed by atoms with Crippen molar-refractivity contribution < 1.29 is 9.53 Å². The summed E-state index contributed by atoms with van der Waals surface area (Å²) >= 11 is 0. The molecule has 1 heterocycles. The van der Waals surface area contributed by atoms with Crippen LogP contribution in [0.1, 0.15) is 51.0 Å². The van der Waals surface area contributed by atoms with Gasteiger partial charge in [0.15, 0.2) is 0 Å². The van der Waals surface area contributed by atoms with Crippen LogP contribution in [0.4, 0.5) is 0 Å². The molecule has 1 saturated heterocycles. The van der Waals surface area contributed by atoms with Gasteiger partial charge < -0.3 is 15.4 Å². The van der Waals surface area contributed by atoms with Crippen LogP contribution in [0.2, 0.25) is 0 Å². The van der Waals surface area contributed by atoms with Crippen LogP contribution >= 0.6 is 0 Å². The number of ether oxygens (including phenoxy) is 1. The Morgan fingerprint density at radius 1 is 1.26 bits per heavy atom. The minimum atomic E-state index is 0.120. The molecule has 4 heteroatoms. The van der Waals surface area contributed by atoms with Crippen LogP contribution in [0.15, 0.2) is 24.3 Å². The van der Waals surface area contributed by atoms with Gasteiger partial charge in [-0.25, -0.2) is 0 Å². The average Bonchev–Trinajstić information content (AvgIpc) is 2.61. The van der Waals surface area contributed by atoms with E-state index >= 15 is 0 Å². The summed E-state index contributed by atoms with van der Waals surface area (Å²) < 4.78 is 5.73. The Bertz CT molecular complexity index is 453. The predicted octanol–water partition coefficient (Wildman–Crippen LogP) is 3.26. The number of amides is 1. The highest BCUT2D eigenvalue weighted by Gasteiger charge is 2.20.